The first-order valence-electron chi connectivity index (χ1n) is 7.65. The normalized spacial score (nSPS) is 14.8. The van der Waals surface area contributed by atoms with Crippen molar-refractivity contribution >= 4 is 14.6 Å². The number of rotatable bonds is 9. The van der Waals surface area contributed by atoms with Crippen molar-refractivity contribution in [2.24, 2.45) is 0 Å². The fourth-order valence-electron chi connectivity index (χ4n) is 2.49. The molecule has 0 bridgehead atoms. The summed E-state index contributed by atoms with van der Waals surface area (Å²) in [5, 5.41) is 0. The van der Waals surface area contributed by atoms with Crippen molar-refractivity contribution in [2.45, 2.75) is 64.3 Å². The summed E-state index contributed by atoms with van der Waals surface area (Å²) in [5.74, 6) is 0. The zero-order valence-corrected chi connectivity index (χ0v) is 14.3. The summed E-state index contributed by atoms with van der Waals surface area (Å²) in [4.78, 5) is 11.9. The van der Waals surface area contributed by atoms with Crippen LogP contribution in [-0.4, -0.2) is 14.6 Å². The van der Waals surface area contributed by atoms with Crippen molar-refractivity contribution in [3.63, 3.8) is 0 Å². The van der Waals surface area contributed by atoms with E-state index in [-0.39, 0.29) is 0 Å². The van der Waals surface area contributed by atoms with Crippen LogP contribution < -0.4 is 0 Å². The lowest BCUT2D eigenvalue weighted by Crippen LogP contribution is -2.42. The first kappa shape index (κ1) is 17.1. The topological polar surface area (TPSA) is 26.3 Å². The minimum Gasteiger partial charge on any atom is -0.402 e. The van der Waals surface area contributed by atoms with E-state index in [1.165, 1.54) is 12.8 Å². The fraction of sp³-hybridized carbons (Fsp3) is 0.588. The Labute approximate surface area is 124 Å². The van der Waals surface area contributed by atoms with Crippen molar-refractivity contribution in [2.75, 3.05) is 0 Å². The van der Waals surface area contributed by atoms with Crippen molar-refractivity contribution < 1.29 is 9.22 Å². The summed E-state index contributed by atoms with van der Waals surface area (Å²) in [5.41, 5.74) is 0.244. The van der Waals surface area contributed by atoms with E-state index < -0.39 is 13.9 Å². The quantitative estimate of drug-likeness (QED) is 0.367. The maximum Gasteiger partial charge on any atom is 0.185 e. The van der Waals surface area contributed by atoms with Crippen molar-refractivity contribution in [3.8, 4) is 0 Å². The largest absolute Gasteiger partial charge is 0.402 e. The molecule has 1 aromatic carbocycles. The molecule has 0 aliphatic rings. The first-order valence-corrected chi connectivity index (χ1v) is 11.1. The molecule has 0 aliphatic carbocycles. The van der Waals surface area contributed by atoms with Crippen molar-refractivity contribution in [1.29, 1.82) is 0 Å². The molecule has 2 nitrogen and oxygen atoms in total. The van der Waals surface area contributed by atoms with Gasteiger partial charge in [-0.1, -0.05) is 56.5 Å². The molecular formula is C17H28O2Si. The minimum atomic E-state index is -1.80. The van der Waals surface area contributed by atoms with Gasteiger partial charge in [-0.2, -0.15) is 0 Å². The Hall–Kier alpha value is -0.933. The van der Waals surface area contributed by atoms with Crippen LogP contribution in [0, 0.1) is 0 Å². The Bertz CT molecular complexity index is 397. The summed E-state index contributed by atoms with van der Waals surface area (Å²) >= 11 is 0. The number of hydrogen-bond acceptors (Lipinski definition) is 2. The van der Waals surface area contributed by atoms with Gasteiger partial charge in [0.25, 0.3) is 0 Å². The second-order valence-corrected chi connectivity index (χ2v) is 10.8. The molecule has 0 aliphatic heterocycles. The van der Waals surface area contributed by atoms with Gasteiger partial charge in [0, 0.05) is 0 Å². The van der Waals surface area contributed by atoms with Gasteiger partial charge in [-0.05, 0) is 38.0 Å². The van der Waals surface area contributed by atoms with Crippen LogP contribution in [0.4, 0.5) is 0 Å². The van der Waals surface area contributed by atoms with E-state index in [1.54, 1.807) is 0 Å². The number of carbonyl (C=O) groups excluding carboxylic acids is 1. The van der Waals surface area contributed by atoms with E-state index >= 15 is 0 Å². The molecule has 20 heavy (non-hydrogen) atoms. The molecule has 1 rings (SSSR count). The van der Waals surface area contributed by atoms with E-state index in [2.05, 4.69) is 26.6 Å². The highest BCUT2D eigenvalue weighted by atomic mass is 28.4. The van der Waals surface area contributed by atoms with E-state index in [0.29, 0.717) is 0 Å². The van der Waals surface area contributed by atoms with Crippen LogP contribution in [0.1, 0.15) is 44.6 Å². The number of carbonyl (C=O) groups is 1. The Morgan fingerprint density at radius 3 is 2.25 bits per heavy atom. The summed E-state index contributed by atoms with van der Waals surface area (Å²) in [6.07, 6.45) is 6.42. The van der Waals surface area contributed by atoms with Gasteiger partial charge in [-0.15, -0.1) is 0 Å². The Morgan fingerprint density at radius 1 is 1.10 bits per heavy atom. The fourth-order valence-corrected chi connectivity index (χ4v) is 3.85. The minimum absolute atomic E-state index is 0.751. The molecule has 0 N–H and O–H groups in total. The highest BCUT2D eigenvalue weighted by molar-refractivity contribution is 6.69. The molecule has 112 valence electrons. The predicted octanol–water partition coefficient (Wildman–Crippen LogP) is 4.90. The molecule has 0 aromatic heterocycles. The van der Waals surface area contributed by atoms with Crippen LogP contribution in [0.25, 0.3) is 0 Å². The standard InChI is InChI=1S/C17H28O2Si/c1-5-6-7-11-14-17(15-18,19-20(2,3)4)16-12-9-8-10-13-16/h8-10,12-13,15H,5-7,11,14H2,1-4H3. The van der Waals surface area contributed by atoms with Gasteiger partial charge < -0.3 is 4.43 Å². The molecular weight excluding hydrogens is 264 g/mol. The average molecular weight is 292 g/mol. The van der Waals surface area contributed by atoms with Gasteiger partial charge in [0.2, 0.25) is 0 Å². The van der Waals surface area contributed by atoms with Gasteiger partial charge in [-0.25, -0.2) is 0 Å². The van der Waals surface area contributed by atoms with Crippen LogP contribution in [0.2, 0.25) is 19.6 Å². The first-order chi connectivity index (χ1) is 9.43. The summed E-state index contributed by atoms with van der Waals surface area (Å²) in [7, 11) is -1.80. The molecule has 0 heterocycles. The van der Waals surface area contributed by atoms with E-state index in [4.69, 9.17) is 4.43 Å². The third-order valence-electron chi connectivity index (χ3n) is 3.34. The second-order valence-electron chi connectivity index (χ2n) is 6.40. The van der Waals surface area contributed by atoms with Gasteiger partial charge >= 0.3 is 0 Å². The monoisotopic (exact) mass is 292 g/mol. The summed E-state index contributed by atoms with van der Waals surface area (Å²) < 4.78 is 6.31. The Balaban J connectivity index is 2.94. The van der Waals surface area contributed by atoms with Gasteiger partial charge in [0.15, 0.2) is 14.6 Å². The van der Waals surface area contributed by atoms with Crippen molar-refractivity contribution in [1.82, 2.24) is 0 Å². The number of unbranched alkanes of at least 4 members (excludes halogenated alkanes) is 3. The van der Waals surface area contributed by atoms with Crippen LogP contribution in [-0.2, 0) is 14.8 Å². The molecule has 0 fully saturated rings. The highest BCUT2D eigenvalue weighted by Crippen LogP contribution is 2.33. The van der Waals surface area contributed by atoms with Crippen molar-refractivity contribution in [3.05, 3.63) is 35.9 Å². The van der Waals surface area contributed by atoms with Crippen LogP contribution >= 0.6 is 0 Å². The van der Waals surface area contributed by atoms with E-state index in [0.717, 1.165) is 31.1 Å². The van der Waals surface area contributed by atoms with Crippen LogP contribution in [0.5, 0.6) is 0 Å². The Morgan fingerprint density at radius 2 is 1.75 bits per heavy atom. The lowest BCUT2D eigenvalue weighted by Gasteiger charge is -2.35. The summed E-state index contributed by atoms with van der Waals surface area (Å²) in [6.45, 7) is 8.61. The van der Waals surface area contributed by atoms with Gasteiger partial charge in [0.05, 0.1) is 0 Å². The SMILES string of the molecule is CCCCCCC(C=O)(O[Si](C)(C)C)c1ccccc1. The average Bonchev–Trinajstić information content (AvgIpc) is 2.42. The highest BCUT2D eigenvalue weighted by Gasteiger charge is 2.37. The van der Waals surface area contributed by atoms with E-state index in [9.17, 15) is 4.79 Å². The lowest BCUT2D eigenvalue weighted by molar-refractivity contribution is -0.123. The molecule has 1 aromatic rings. The molecule has 0 saturated heterocycles. The number of hydrogen-bond donors (Lipinski definition) is 0. The molecule has 1 atom stereocenters. The third-order valence-corrected chi connectivity index (χ3v) is 4.32. The van der Waals surface area contributed by atoms with Gasteiger partial charge in [0.1, 0.15) is 5.60 Å². The van der Waals surface area contributed by atoms with Crippen LogP contribution in [0.15, 0.2) is 30.3 Å². The second kappa shape index (κ2) is 7.74. The zero-order valence-electron chi connectivity index (χ0n) is 13.3. The maximum absolute atomic E-state index is 11.9. The lowest BCUT2D eigenvalue weighted by atomic mass is 9.89. The molecule has 0 amide bonds. The van der Waals surface area contributed by atoms with Crippen LogP contribution in [0.3, 0.4) is 0 Å². The summed E-state index contributed by atoms with van der Waals surface area (Å²) in [6, 6.07) is 9.95. The Kier molecular flexibility index (Phi) is 6.63. The molecule has 3 heteroatoms. The number of benzene rings is 1. The maximum atomic E-state index is 11.9. The number of aldehydes is 1. The molecule has 0 spiro atoms. The smallest absolute Gasteiger partial charge is 0.185 e. The van der Waals surface area contributed by atoms with E-state index in [1.807, 2.05) is 30.3 Å². The zero-order chi connectivity index (χ0) is 15.1. The third kappa shape index (κ3) is 5.21. The van der Waals surface area contributed by atoms with Gasteiger partial charge in [-0.3, -0.25) is 4.79 Å². The molecule has 0 radical (unpaired) electrons. The predicted molar refractivity (Wildman–Crippen MR) is 87.4 cm³/mol. The molecule has 1 unspecified atom stereocenters. The molecule has 0 saturated carbocycles.